The summed E-state index contributed by atoms with van der Waals surface area (Å²) in [6.45, 7) is 5.51. The van der Waals surface area contributed by atoms with E-state index in [9.17, 15) is 9.59 Å². The maximum absolute atomic E-state index is 12.9. The molecule has 1 N–H and O–H groups in total. The number of benzene rings is 2. The normalized spacial score (nSPS) is 10.6. The molecule has 6 heteroatoms. The molecule has 0 fully saturated rings. The minimum absolute atomic E-state index is 0.133. The first-order valence-electron chi connectivity index (χ1n) is 8.33. The van der Waals surface area contributed by atoms with Gasteiger partial charge >= 0.3 is 0 Å². The van der Waals surface area contributed by atoms with E-state index in [1.54, 1.807) is 55.5 Å². The number of rotatable bonds is 6. The molecule has 1 aromatic heterocycles. The van der Waals surface area contributed by atoms with Crippen molar-refractivity contribution in [2.24, 2.45) is 0 Å². The summed E-state index contributed by atoms with van der Waals surface area (Å²) in [4.78, 5) is 24.5. The van der Waals surface area contributed by atoms with E-state index in [1.807, 2.05) is 0 Å². The lowest BCUT2D eigenvalue weighted by Gasteiger charge is -2.09. The predicted octanol–water partition coefficient (Wildman–Crippen LogP) is 4.10. The number of aryl methyl sites for hydroxylation is 1. The number of hydrogen-bond donors (Lipinski definition) is 1. The standard InChI is InChI=1S/C21H18ClNO4/c1-3-10-23-19(24)12-26-16-8-9-17-18(11-16)27-13(2)20(21(17)25)14-4-6-15(22)7-5-14/h3-9,11H,1,10,12H2,2H3,(H,23,24). The summed E-state index contributed by atoms with van der Waals surface area (Å²) in [5.74, 6) is 0.680. The smallest absolute Gasteiger partial charge is 0.258 e. The van der Waals surface area contributed by atoms with Gasteiger partial charge in [-0.2, -0.15) is 0 Å². The lowest BCUT2D eigenvalue weighted by atomic mass is 10.0. The molecule has 5 nitrogen and oxygen atoms in total. The maximum Gasteiger partial charge on any atom is 0.258 e. The number of carbonyl (C=O) groups is 1. The van der Waals surface area contributed by atoms with Gasteiger partial charge in [0.1, 0.15) is 17.1 Å². The summed E-state index contributed by atoms with van der Waals surface area (Å²) in [7, 11) is 0. The SMILES string of the molecule is C=CCNC(=O)COc1ccc2c(=O)c(-c3ccc(Cl)cc3)c(C)oc2c1. The Morgan fingerprint density at radius 3 is 2.70 bits per heavy atom. The van der Waals surface area contributed by atoms with Gasteiger partial charge in [0.2, 0.25) is 5.43 Å². The lowest BCUT2D eigenvalue weighted by Crippen LogP contribution is -2.28. The van der Waals surface area contributed by atoms with Crippen LogP contribution in [0.4, 0.5) is 0 Å². The van der Waals surface area contributed by atoms with E-state index >= 15 is 0 Å². The predicted molar refractivity (Wildman–Crippen MR) is 106 cm³/mol. The van der Waals surface area contributed by atoms with Crippen molar-refractivity contribution in [3.05, 3.63) is 76.1 Å². The van der Waals surface area contributed by atoms with Gasteiger partial charge in [-0.3, -0.25) is 9.59 Å². The second kappa shape index (κ2) is 8.10. The van der Waals surface area contributed by atoms with E-state index < -0.39 is 0 Å². The minimum Gasteiger partial charge on any atom is -0.484 e. The van der Waals surface area contributed by atoms with Crippen LogP contribution in [0.5, 0.6) is 5.75 Å². The zero-order valence-electron chi connectivity index (χ0n) is 14.8. The summed E-state index contributed by atoms with van der Waals surface area (Å²) in [5.41, 5.74) is 1.51. The zero-order valence-corrected chi connectivity index (χ0v) is 15.5. The van der Waals surface area contributed by atoms with Crippen LogP contribution in [0.3, 0.4) is 0 Å². The molecule has 2 aromatic carbocycles. The fraction of sp³-hybridized carbons (Fsp3) is 0.143. The molecule has 1 heterocycles. The molecule has 0 atom stereocenters. The largest absolute Gasteiger partial charge is 0.484 e. The molecule has 1 amide bonds. The zero-order chi connectivity index (χ0) is 19.4. The van der Waals surface area contributed by atoms with E-state index in [0.717, 1.165) is 5.56 Å². The molecule has 138 valence electrons. The second-order valence-electron chi connectivity index (χ2n) is 5.91. The van der Waals surface area contributed by atoms with Gasteiger partial charge in [0.05, 0.1) is 10.9 Å². The van der Waals surface area contributed by atoms with Gasteiger partial charge in [-0.15, -0.1) is 6.58 Å². The summed E-state index contributed by atoms with van der Waals surface area (Å²) in [5, 5.41) is 3.66. The Hall–Kier alpha value is -3.05. The third-order valence-corrected chi connectivity index (χ3v) is 4.24. The van der Waals surface area contributed by atoms with Crippen LogP contribution in [0.2, 0.25) is 5.02 Å². The van der Waals surface area contributed by atoms with Crippen LogP contribution in [0.15, 0.2) is 64.3 Å². The van der Waals surface area contributed by atoms with E-state index in [-0.39, 0.29) is 17.9 Å². The van der Waals surface area contributed by atoms with Crippen LogP contribution in [-0.2, 0) is 4.79 Å². The molecule has 27 heavy (non-hydrogen) atoms. The number of hydrogen-bond acceptors (Lipinski definition) is 4. The van der Waals surface area contributed by atoms with Crippen molar-refractivity contribution < 1.29 is 13.9 Å². The van der Waals surface area contributed by atoms with Gasteiger partial charge in [0.25, 0.3) is 5.91 Å². The molecule has 3 aromatic rings. The van der Waals surface area contributed by atoms with Crippen LogP contribution in [0.1, 0.15) is 5.76 Å². The number of carbonyl (C=O) groups excluding carboxylic acids is 1. The first-order valence-corrected chi connectivity index (χ1v) is 8.71. The Balaban J connectivity index is 1.91. The average Bonchev–Trinajstić information content (AvgIpc) is 2.66. The quantitative estimate of drug-likeness (QED) is 0.650. The van der Waals surface area contributed by atoms with Crippen molar-refractivity contribution in [3.8, 4) is 16.9 Å². The van der Waals surface area contributed by atoms with Crippen molar-refractivity contribution in [1.82, 2.24) is 5.32 Å². The van der Waals surface area contributed by atoms with Gasteiger partial charge < -0.3 is 14.5 Å². The summed E-state index contributed by atoms with van der Waals surface area (Å²) >= 11 is 5.92. The Labute approximate surface area is 161 Å². The fourth-order valence-corrected chi connectivity index (χ4v) is 2.84. The van der Waals surface area contributed by atoms with Crippen LogP contribution >= 0.6 is 11.6 Å². The number of ether oxygens (including phenoxy) is 1. The third-order valence-electron chi connectivity index (χ3n) is 3.99. The van der Waals surface area contributed by atoms with Gasteiger partial charge in [-0.25, -0.2) is 0 Å². The number of nitrogens with one attached hydrogen (secondary N) is 1. The summed E-state index contributed by atoms with van der Waals surface area (Å²) < 4.78 is 11.3. The third kappa shape index (κ3) is 4.20. The summed E-state index contributed by atoms with van der Waals surface area (Å²) in [6, 6.07) is 11.9. The number of amides is 1. The second-order valence-corrected chi connectivity index (χ2v) is 6.35. The molecular formula is C21H18ClNO4. The molecule has 0 saturated carbocycles. The number of fused-ring (bicyclic) bond motifs is 1. The minimum atomic E-state index is -0.259. The molecule has 0 radical (unpaired) electrons. The van der Waals surface area contributed by atoms with Crippen LogP contribution < -0.4 is 15.5 Å². The Kier molecular flexibility index (Phi) is 5.62. The Morgan fingerprint density at radius 2 is 2.00 bits per heavy atom. The molecular weight excluding hydrogens is 366 g/mol. The maximum atomic E-state index is 12.9. The highest BCUT2D eigenvalue weighted by Crippen LogP contribution is 2.27. The van der Waals surface area contributed by atoms with Crippen molar-refractivity contribution in [3.63, 3.8) is 0 Å². The number of halogens is 1. The topological polar surface area (TPSA) is 68.5 Å². The molecule has 0 bridgehead atoms. The van der Waals surface area contributed by atoms with Gasteiger partial charge in [0.15, 0.2) is 6.61 Å². The highest BCUT2D eigenvalue weighted by molar-refractivity contribution is 6.30. The highest BCUT2D eigenvalue weighted by Gasteiger charge is 2.14. The molecule has 0 aliphatic rings. The molecule has 0 saturated heterocycles. The van der Waals surface area contributed by atoms with Gasteiger partial charge in [0, 0.05) is 17.6 Å². The van der Waals surface area contributed by atoms with E-state index in [2.05, 4.69) is 11.9 Å². The average molecular weight is 384 g/mol. The summed E-state index contributed by atoms with van der Waals surface area (Å²) in [6.07, 6.45) is 1.59. The molecule has 3 rings (SSSR count). The fourth-order valence-electron chi connectivity index (χ4n) is 2.71. The van der Waals surface area contributed by atoms with Crippen LogP contribution in [-0.4, -0.2) is 19.1 Å². The molecule has 0 unspecified atom stereocenters. The van der Waals surface area contributed by atoms with Crippen molar-refractivity contribution in [2.75, 3.05) is 13.2 Å². The van der Waals surface area contributed by atoms with Crippen molar-refractivity contribution >= 4 is 28.5 Å². The Morgan fingerprint density at radius 1 is 1.26 bits per heavy atom. The first-order chi connectivity index (χ1) is 13.0. The van der Waals surface area contributed by atoms with Crippen LogP contribution in [0, 0.1) is 6.92 Å². The molecule has 0 aliphatic carbocycles. The van der Waals surface area contributed by atoms with Crippen molar-refractivity contribution in [1.29, 1.82) is 0 Å². The van der Waals surface area contributed by atoms with E-state index in [0.29, 0.717) is 39.6 Å². The molecule has 0 aliphatic heterocycles. The van der Waals surface area contributed by atoms with E-state index in [4.69, 9.17) is 20.8 Å². The highest BCUT2D eigenvalue weighted by atomic mass is 35.5. The lowest BCUT2D eigenvalue weighted by molar-refractivity contribution is -0.122. The molecule has 0 spiro atoms. The van der Waals surface area contributed by atoms with Crippen LogP contribution in [0.25, 0.3) is 22.1 Å². The Bertz CT molecular complexity index is 1050. The monoisotopic (exact) mass is 383 g/mol. The first kappa shape index (κ1) is 18.7. The van der Waals surface area contributed by atoms with Gasteiger partial charge in [-0.05, 0) is 36.8 Å². The van der Waals surface area contributed by atoms with Gasteiger partial charge in [-0.1, -0.05) is 29.8 Å². The van der Waals surface area contributed by atoms with E-state index in [1.165, 1.54) is 0 Å². The van der Waals surface area contributed by atoms with Crippen molar-refractivity contribution in [2.45, 2.75) is 6.92 Å².